The first-order valence-corrected chi connectivity index (χ1v) is 12.7. The van der Waals surface area contributed by atoms with Crippen LogP contribution in [0.15, 0.2) is 53.6 Å². The fourth-order valence-corrected chi connectivity index (χ4v) is 4.44. The van der Waals surface area contributed by atoms with Crippen molar-refractivity contribution in [3.8, 4) is 5.75 Å². The molecule has 10 nitrogen and oxygen atoms in total. The van der Waals surface area contributed by atoms with Crippen molar-refractivity contribution >= 4 is 39.3 Å². The maximum atomic E-state index is 13.8. The van der Waals surface area contributed by atoms with Crippen molar-refractivity contribution in [1.82, 2.24) is 14.9 Å². The Morgan fingerprint density at radius 2 is 1.73 bits per heavy atom. The predicted octanol–water partition coefficient (Wildman–Crippen LogP) is 4.23. The zero-order valence-electron chi connectivity index (χ0n) is 21.1. The Kier molecular flexibility index (Phi) is 8.48. The first-order chi connectivity index (χ1) is 17.5. The molecular weight excluding hydrogens is 506 g/mol. The number of halogens is 2. The van der Waals surface area contributed by atoms with Gasteiger partial charge in [0.15, 0.2) is 17.5 Å². The second-order valence-corrected chi connectivity index (χ2v) is 10.0. The van der Waals surface area contributed by atoms with Gasteiger partial charge >= 0.3 is 6.09 Å². The molecule has 1 heterocycles. The molecule has 3 rings (SSSR count). The summed E-state index contributed by atoms with van der Waals surface area (Å²) in [5.74, 6) is -1.71. The van der Waals surface area contributed by atoms with Crippen LogP contribution in [0.1, 0.15) is 13.8 Å². The fourth-order valence-electron chi connectivity index (χ4n) is 3.24. The molecule has 0 bridgehead atoms. The summed E-state index contributed by atoms with van der Waals surface area (Å²) in [6, 6.07) is 8.81. The number of nitrogens with zero attached hydrogens (tertiary/aromatic N) is 5. The minimum absolute atomic E-state index is 0.0522. The Morgan fingerprint density at radius 3 is 2.35 bits per heavy atom. The number of ether oxygens (including phenoxy) is 1. The average molecular weight is 535 g/mol. The minimum Gasteiger partial charge on any atom is -0.410 e. The summed E-state index contributed by atoms with van der Waals surface area (Å²) in [4.78, 5) is 23.5. The van der Waals surface area contributed by atoms with Gasteiger partial charge in [-0.15, -0.1) is 0 Å². The van der Waals surface area contributed by atoms with Crippen molar-refractivity contribution in [1.29, 1.82) is 0 Å². The largest absolute Gasteiger partial charge is 0.414 e. The van der Waals surface area contributed by atoms with Crippen molar-refractivity contribution in [3.63, 3.8) is 0 Å². The van der Waals surface area contributed by atoms with Gasteiger partial charge in [-0.05, 0) is 44.2 Å². The highest BCUT2D eigenvalue weighted by atomic mass is 32.2. The molecule has 0 atom stereocenters. The predicted molar refractivity (Wildman–Crippen MR) is 137 cm³/mol. The number of benzene rings is 2. The van der Waals surface area contributed by atoms with E-state index in [4.69, 9.17) is 4.74 Å². The lowest BCUT2D eigenvalue weighted by Gasteiger charge is -2.24. The molecule has 1 aromatic heterocycles. The van der Waals surface area contributed by atoms with Gasteiger partial charge in [0.2, 0.25) is 5.95 Å². The van der Waals surface area contributed by atoms with Crippen molar-refractivity contribution in [2.24, 2.45) is 0 Å². The molecule has 198 valence electrons. The minimum atomic E-state index is -4.31. The molecule has 0 aliphatic rings. The topological polar surface area (TPSA) is 108 Å². The molecular formula is C24H28F2N6O4S. The van der Waals surface area contributed by atoms with Crippen molar-refractivity contribution < 1.29 is 26.7 Å². The summed E-state index contributed by atoms with van der Waals surface area (Å²) in [5.41, 5.74) is 0.504. The maximum Gasteiger partial charge on any atom is 0.414 e. The average Bonchev–Trinajstić information content (AvgIpc) is 2.86. The molecule has 0 fully saturated rings. The van der Waals surface area contributed by atoms with E-state index in [0.29, 0.717) is 30.8 Å². The highest BCUT2D eigenvalue weighted by Gasteiger charge is 2.26. The smallest absolute Gasteiger partial charge is 0.410 e. The molecule has 37 heavy (non-hydrogen) atoms. The normalized spacial score (nSPS) is 11.1. The van der Waals surface area contributed by atoms with E-state index in [9.17, 15) is 22.0 Å². The van der Waals surface area contributed by atoms with Crippen LogP contribution in [-0.2, 0) is 10.0 Å². The fraction of sp³-hybridized carbons (Fsp3) is 0.292. The van der Waals surface area contributed by atoms with Crippen molar-refractivity contribution in [2.45, 2.75) is 18.7 Å². The van der Waals surface area contributed by atoms with E-state index in [1.165, 1.54) is 18.1 Å². The Morgan fingerprint density at radius 1 is 1.03 bits per heavy atom. The van der Waals surface area contributed by atoms with Crippen LogP contribution in [0.2, 0.25) is 0 Å². The van der Waals surface area contributed by atoms with Gasteiger partial charge in [0.05, 0.1) is 11.1 Å². The summed E-state index contributed by atoms with van der Waals surface area (Å²) < 4.78 is 59.9. The molecule has 0 aliphatic heterocycles. The number of hydrogen-bond donors (Lipinski definition) is 1. The highest BCUT2D eigenvalue weighted by molar-refractivity contribution is 7.92. The quantitative estimate of drug-likeness (QED) is 0.435. The number of carbonyl (C=O) groups is 1. The third-order valence-electron chi connectivity index (χ3n) is 5.36. The Hall–Kier alpha value is -4.00. The number of rotatable bonds is 9. The van der Waals surface area contributed by atoms with Gasteiger partial charge < -0.3 is 19.9 Å². The van der Waals surface area contributed by atoms with Crippen LogP contribution >= 0.6 is 0 Å². The zero-order valence-corrected chi connectivity index (χ0v) is 21.9. The molecule has 0 aliphatic carbocycles. The van der Waals surface area contributed by atoms with E-state index >= 15 is 0 Å². The van der Waals surface area contributed by atoms with E-state index in [1.807, 2.05) is 18.7 Å². The molecule has 1 N–H and O–H groups in total. The van der Waals surface area contributed by atoms with E-state index < -0.39 is 32.6 Å². The van der Waals surface area contributed by atoms with E-state index in [-0.39, 0.29) is 17.3 Å². The second kappa shape index (κ2) is 11.4. The van der Waals surface area contributed by atoms with Gasteiger partial charge in [0.1, 0.15) is 11.4 Å². The first kappa shape index (κ1) is 27.6. The molecule has 1 amide bonds. The highest BCUT2D eigenvalue weighted by Crippen LogP contribution is 2.32. The molecule has 0 radical (unpaired) electrons. The molecule has 2 aromatic carbocycles. The van der Waals surface area contributed by atoms with Gasteiger partial charge in [-0.25, -0.2) is 27.0 Å². The van der Waals surface area contributed by atoms with Crippen LogP contribution in [0.4, 0.5) is 36.7 Å². The van der Waals surface area contributed by atoms with Crippen molar-refractivity contribution in [2.75, 3.05) is 48.8 Å². The van der Waals surface area contributed by atoms with E-state index in [1.54, 1.807) is 38.4 Å². The summed E-state index contributed by atoms with van der Waals surface area (Å²) in [6.45, 7) is 5.06. The zero-order chi connectivity index (χ0) is 27.3. The summed E-state index contributed by atoms with van der Waals surface area (Å²) >= 11 is 0. The Labute approximate surface area is 214 Å². The van der Waals surface area contributed by atoms with Crippen LogP contribution < -0.4 is 19.3 Å². The number of amides is 1. The second-order valence-electron chi connectivity index (χ2n) is 8.04. The standard InChI is InChI=1S/C24H28F2N6O4S/c1-6-32(7-2)23-27-15-21(31(5)37(34,35)18-11-12-19(25)20(26)14-18)22(29-23)28-16-9-8-10-17(13-16)36-24(33)30(3)4/h8-15H,6-7H2,1-5H3,(H,27,28,29). The molecule has 3 aromatic rings. The number of sulfonamides is 1. The van der Waals surface area contributed by atoms with Crippen LogP contribution in [0.5, 0.6) is 5.75 Å². The number of nitrogens with one attached hydrogen (secondary N) is 1. The van der Waals surface area contributed by atoms with Crippen LogP contribution in [-0.4, -0.2) is 63.6 Å². The molecule has 13 heteroatoms. The monoisotopic (exact) mass is 534 g/mol. The SMILES string of the molecule is CCN(CC)c1ncc(N(C)S(=O)(=O)c2ccc(F)c(F)c2)c(Nc2cccc(OC(=O)N(C)C)c2)n1. The molecule has 0 saturated heterocycles. The molecule has 0 saturated carbocycles. The molecule has 0 unspecified atom stereocenters. The van der Waals surface area contributed by atoms with Gasteiger partial charge in [-0.2, -0.15) is 4.98 Å². The summed E-state index contributed by atoms with van der Waals surface area (Å²) in [7, 11) is 0.0535. The van der Waals surface area contributed by atoms with E-state index in [2.05, 4.69) is 15.3 Å². The summed E-state index contributed by atoms with van der Waals surface area (Å²) in [5, 5.41) is 3.06. The number of hydrogen-bond acceptors (Lipinski definition) is 8. The third kappa shape index (κ3) is 6.23. The van der Waals surface area contributed by atoms with Crippen LogP contribution in [0.3, 0.4) is 0 Å². The lowest BCUT2D eigenvalue weighted by molar-refractivity contribution is 0.172. The Balaban J connectivity index is 2.05. The summed E-state index contributed by atoms with van der Waals surface area (Å²) in [6.07, 6.45) is 0.761. The number of aromatic nitrogens is 2. The van der Waals surface area contributed by atoms with Gasteiger partial charge in [0.25, 0.3) is 10.0 Å². The third-order valence-corrected chi connectivity index (χ3v) is 7.13. The van der Waals surface area contributed by atoms with Gasteiger partial charge in [-0.1, -0.05) is 6.07 Å². The van der Waals surface area contributed by atoms with Gasteiger partial charge in [0, 0.05) is 46.0 Å². The van der Waals surface area contributed by atoms with Crippen molar-refractivity contribution in [3.05, 3.63) is 60.3 Å². The van der Waals surface area contributed by atoms with E-state index in [0.717, 1.165) is 16.4 Å². The van der Waals surface area contributed by atoms with Crippen LogP contribution in [0.25, 0.3) is 0 Å². The Bertz CT molecular complexity index is 1380. The van der Waals surface area contributed by atoms with Crippen LogP contribution in [0, 0.1) is 11.6 Å². The lowest BCUT2D eigenvalue weighted by Crippen LogP contribution is -2.29. The maximum absolute atomic E-state index is 13.8. The number of anilines is 4. The number of carbonyl (C=O) groups excluding carboxylic acids is 1. The van der Waals surface area contributed by atoms with Gasteiger partial charge in [-0.3, -0.25) is 4.31 Å². The molecule has 0 spiro atoms. The first-order valence-electron chi connectivity index (χ1n) is 11.3. The lowest BCUT2D eigenvalue weighted by atomic mass is 10.3.